The molecule has 0 saturated heterocycles. The fraction of sp³-hybridized carbons (Fsp3) is 0.538. The van der Waals surface area contributed by atoms with E-state index in [-0.39, 0.29) is 6.10 Å². The molecule has 2 nitrogen and oxygen atoms in total. The molecule has 1 rings (SSSR count). The van der Waals surface area contributed by atoms with Gasteiger partial charge in [-0.2, -0.15) is 0 Å². The summed E-state index contributed by atoms with van der Waals surface area (Å²) in [7, 11) is 0. The molecule has 0 radical (unpaired) electrons. The lowest BCUT2D eigenvalue weighted by atomic mass is 9.90. The van der Waals surface area contributed by atoms with Crippen LogP contribution in [-0.2, 0) is 0 Å². The fourth-order valence-corrected chi connectivity index (χ4v) is 1.80. The van der Waals surface area contributed by atoms with Crippen LogP contribution in [0.25, 0.3) is 0 Å². The van der Waals surface area contributed by atoms with E-state index < -0.39 is 0 Å². The van der Waals surface area contributed by atoms with Crippen LogP contribution >= 0.6 is 0 Å². The molecule has 0 spiro atoms. The van der Waals surface area contributed by atoms with E-state index in [2.05, 4.69) is 38.1 Å². The van der Waals surface area contributed by atoms with E-state index in [0.29, 0.717) is 12.5 Å². The molecule has 2 unspecified atom stereocenters. The molecule has 2 atom stereocenters. The predicted molar refractivity (Wildman–Crippen MR) is 63.9 cm³/mol. The average Bonchev–Trinajstić information content (AvgIpc) is 2.27. The van der Waals surface area contributed by atoms with Crippen LogP contribution in [0.5, 0.6) is 0 Å². The molecule has 0 aliphatic rings. The number of hydrogen-bond donors (Lipinski definition) is 2. The minimum absolute atomic E-state index is 0.350. The van der Waals surface area contributed by atoms with Crippen molar-refractivity contribution in [3.8, 4) is 0 Å². The first kappa shape index (κ1) is 12.2. The molecule has 0 bridgehead atoms. The summed E-state index contributed by atoms with van der Waals surface area (Å²) in [4.78, 5) is 0. The molecule has 15 heavy (non-hydrogen) atoms. The highest BCUT2D eigenvalue weighted by Crippen LogP contribution is 2.24. The van der Waals surface area contributed by atoms with E-state index in [4.69, 9.17) is 5.73 Å². The van der Waals surface area contributed by atoms with Gasteiger partial charge in [-0.1, -0.05) is 36.8 Å². The second-order valence-corrected chi connectivity index (χ2v) is 4.14. The van der Waals surface area contributed by atoms with Crippen LogP contribution in [0.2, 0.25) is 0 Å². The van der Waals surface area contributed by atoms with Gasteiger partial charge in [0.15, 0.2) is 0 Å². The van der Waals surface area contributed by atoms with E-state index in [1.165, 1.54) is 11.1 Å². The van der Waals surface area contributed by atoms with Gasteiger partial charge < -0.3 is 10.8 Å². The maximum atomic E-state index is 9.55. The first-order valence-corrected chi connectivity index (χ1v) is 5.62. The van der Waals surface area contributed by atoms with Crippen molar-refractivity contribution in [3.63, 3.8) is 0 Å². The molecule has 1 aromatic rings. The van der Waals surface area contributed by atoms with Crippen molar-refractivity contribution in [3.05, 3.63) is 35.4 Å². The van der Waals surface area contributed by atoms with Crippen LogP contribution in [0.3, 0.4) is 0 Å². The zero-order chi connectivity index (χ0) is 11.3. The Bertz CT molecular complexity index is 281. The van der Waals surface area contributed by atoms with Crippen molar-refractivity contribution in [1.29, 1.82) is 0 Å². The fourth-order valence-electron chi connectivity index (χ4n) is 1.80. The molecule has 1 aromatic carbocycles. The lowest BCUT2D eigenvalue weighted by molar-refractivity contribution is 0.162. The Morgan fingerprint density at radius 3 is 2.33 bits per heavy atom. The second-order valence-electron chi connectivity index (χ2n) is 4.14. The van der Waals surface area contributed by atoms with Gasteiger partial charge >= 0.3 is 0 Å². The van der Waals surface area contributed by atoms with Crippen LogP contribution < -0.4 is 5.73 Å². The van der Waals surface area contributed by atoms with Gasteiger partial charge in [0.25, 0.3) is 0 Å². The van der Waals surface area contributed by atoms with Gasteiger partial charge in [-0.05, 0) is 31.2 Å². The third kappa shape index (κ3) is 3.65. The SMILES string of the molecule is CCC(CC(O)CN)c1ccc(C)cc1. The molecule has 2 heteroatoms. The number of aliphatic hydroxyl groups excluding tert-OH is 1. The average molecular weight is 207 g/mol. The van der Waals surface area contributed by atoms with E-state index in [1.54, 1.807) is 0 Å². The zero-order valence-electron chi connectivity index (χ0n) is 9.61. The highest BCUT2D eigenvalue weighted by atomic mass is 16.3. The summed E-state index contributed by atoms with van der Waals surface area (Å²) in [5.41, 5.74) is 8.00. The summed E-state index contributed by atoms with van der Waals surface area (Å²) >= 11 is 0. The quantitative estimate of drug-likeness (QED) is 0.777. The lowest BCUT2D eigenvalue weighted by Gasteiger charge is -2.18. The minimum atomic E-state index is -0.378. The zero-order valence-corrected chi connectivity index (χ0v) is 9.61. The third-order valence-corrected chi connectivity index (χ3v) is 2.87. The number of rotatable bonds is 5. The Morgan fingerprint density at radius 1 is 1.27 bits per heavy atom. The first-order chi connectivity index (χ1) is 7.17. The number of hydrogen-bond acceptors (Lipinski definition) is 2. The summed E-state index contributed by atoms with van der Waals surface area (Å²) in [6, 6.07) is 8.53. The minimum Gasteiger partial charge on any atom is -0.392 e. The van der Waals surface area contributed by atoms with Crippen molar-refractivity contribution >= 4 is 0 Å². The van der Waals surface area contributed by atoms with E-state index in [1.807, 2.05) is 0 Å². The van der Waals surface area contributed by atoms with Crippen molar-refractivity contribution in [1.82, 2.24) is 0 Å². The van der Waals surface area contributed by atoms with Gasteiger partial charge in [-0.15, -0.1) is 0 Å². The Kier molecular flexibility index (Phi) is 4.79. The predicted octanol–water partition coefficient (Wildman–Crippen LogP) is 2.20. The van der Waals surface area contributed by atoms with Crippen molar-refractivity contribution in [2.75, 3.05) is 6.54 Å². The molecule has 0 fully saturated rings. The van der Waals surface area contributed by atoms with E-state index in [0.717, 1.165) is 12.8 Å². The second kappa shape index (κ2) is 5.89. The normalized spacial score (nSPS) is 14.9. The standard InChI is InChI=1S/C13H21NO/c1-3-11(8-13(15)9-14)12-6-4-10(2)5-7-12/h4-7,11,13,15H,3,8-9,14H2,1-2H3. The summed E-state index contributed by atoms with van der Waals surface area (Å²) < 4.78 is 0. The van der Waals surface area contributed by atoms with Crippen molar-refractivity contribution in [2.24, 2.45) is 5.73 Å². The number of aryl methyl sites for hydroxylation is 1. The summed E-state index contributed by atoms with van der Waals surface area (Å²) in [5.74, 6) is 0.421. The van der Waals surface area contributed by atoms with Crippen LogP contribution in [0.15, 0.2) is 24.3 Å². The highest BCUT2D eigenvalue weighted by molar-refractivity contribution is 5.24. The lowest BCUT2D eigenvalue weighted by Crippen LogP contribution is -2.22. The molecule has 0 heterocycles. The maximum absolute atomic E-state index is 9.55. The summed E-state index contributed by atoms with van der Waals surface area (Å²) in [6.45, 7) is 4.58. The number of aliphatic hydroxyl groups is 1. The van der Waals surface area contributed by atoms with E-state index >= 15 is 0 Å². The van der Waals surface area contributed by atoms with Crippen LogP contribution in [0.1, 0.15) is 36.8 Å². The molecular formula is C13H21NO. The Hall–Kier alpha value is -0.860. The first-order valence-electron chi connectivity index (χ1n) is 5.62. The van der Waals surface area contributed by atoms with Gasteiger partial charge in [0.1, 0.15) is 0 Å². The van der Waals surface area contributed by atoms with Gasteiger partial charge in [0.2, 0.25) is 0 Å². The molecule has 0 amide bonds. The number of nitrogens with two attached hydrogens (primary N) is 1. The monoisotopic (exact) mass is 207 g/mol. The third-order valence-electron chi connectivity index (χ3n) is 2.87. The van der Waals surface area contributed by atoms with Gasteiger partial charge in [-0.3, -0.25) is 0 Å². The van der Waals surface area contributed by atoms with Crippen molar-refractivity contribution < 1.29 is 5.11 Å². The van der Waals surface area contributed by atoms with Gasteiger partial charge in [0.05, 0.1) is 6.10 Å². The maximum Gasteiger partial charge on any atom is 0.0668 e. The molecular weight excluding hydrogens is 186 g/mol. The summed E-state index contributed by atoms with van der Waals surface area (Å²) in [6.07, 6.45) is 1.42. The Morgan fingerprint density at radius 2 is 1.87 bits per heavy atom. The molecule has 3 N–H and O–H groups in total. The smallest absolute Gasteiger partial charge is 0.0668 e. The van der Waals surface area contributed by atoms with E-state index in [9.17, 15) is 5.11 Å². The van der Waals surface area contributed by atoms with Crippen LogP contribution in [-0.4, -0.2) is 17.8 Å². The highest BCUT2D eigenvalue weighted by Gasteiger charge is 2.13. The molecule has 0 aliphatic carbocycles. The topological polar surface area (TPSA) is 46.2 Å². The Labute approximate surface area is 92.1 Å². The Balaban J connectivity index is 2.69. The van der Waals surface area contributed by atoms with Gasteiger partial charge in [0, 0.05) is 6.54 Å². The van der Waals surface area contributed by atoms with Crippen LogP contribution in [0, 0.1) is 6.92 Å². The molecule has 84 valence electrons. The molecule has 0 aromatic heterocycles. The van der Waals surface area contributed by atoms with Crippen LogP contribution in [0.4, 0.5) is 0 Å². The van der Waals surface area contributed by atoms with Gasteiger partial charge in [-0.25, -0.2) is 0 Å². The number of benzene rings is 1. The molecule has 0 saturated carbocycles. The summed E-state index contributed by atoms with van der Waals surface area (Å²) in [5, 5.41) is 9.55. The largest absolute Gasteiger partial charge is 0.392 e. The molecule has 0 aliphatic heterocycles. The van der Waals surface area contributed by atoms with Crippen molar-refractivity contribution in [2.45, 2.75) is 38.7 Å².